The molecule has 0 radical (unpaired) electrons. The minimum absolute atomic E-state index is 0.0417. The van der Waals surface area contributed by atoms with Gasteiger partial charge in [0, 0.05) is 0 Å². The van der Waals surface area contributed by atoms with Crippen molar-refractivity contribution in [3.63, 3.8) is 0 Å². The normalized spacial score (nSPS) is 8.46. The predicted molar refractivity (Wildman–Crippen MR) is 52.7 cm³/mol. The first-order chi connectivity index (χ1) is 6.16. The Bertz CT molecular complexity index is 234. The molecule has 3 heteroatoms. The van der Waals surface area contributed by atoms with Crippen LogP contribution in [-0.2, 0) is 4.79 Å². The van der Waals surface area contributed by atoms with Gasteiger partial charge in [-0.25, -0.2) is 0 Å². The second-order valence-electron chi connectivity index (χ2n) is 2.58. The molecule has 0 atom stereocenters. The molecule has 0 aromatic heterocycles. The first-order valence-electron chi connectivity index (χ1n) is 4.05. The maximum absolute atomic E-state index is 9.54. The molecule has 72 valence electrons. The quantitative estimate of drug-likeness (QED) is 0.722. The summed E-state index contributed by atoms with van der Waals surface area (Å²) in [6, 6.07) is 10.3. The number of carboxylic acids is 1. The summed E-state index contributed by atoms with van der Waals surface area (Å²) in [4.78, 5) is 9.54. The Morgan fingerprint density at radius 2 is 1.92 bits per heavy atom. The smallest absolute Gasteiger partial charge is 0.317 e. The Morgan fingerprint density at radius 3 is 2.08 bits per heavy atom. The van der Waals surface area contributed by atoms with Crippen LogP contribution in [0.1, 0.15) is 5.56 Å². The molecular weight excluding hydrogens is 166 g/mol. The summed E-state index contributed by atoms with van der Waals surface area (Å²) in [7, 11) is 1.59. The first-order valence-corrected chi connectivity index (χ1v) is 4.05. The second kappa shape index (κ2) is 7.31. The van der Waals surface area contributed by atoms with E-state index in [1.165, 1.54) is 5.56 Å². The van der Waals surface area contributed by atoms with Crippen LogP contribution in [0.15, 0.2) is 30.3 Å². The van der Waals surface area contributed by atoms with E-state index in [2.05, 4.69) is 24.4 Å². The number of carboxylic acid groups (broad SMARTS) is 1. The number of hydrogen-bond donors (Lipinski definition) is 2. The van der Waals surface area contributed by atoms with Crippen LogP contribution in [0.25, 0.3) is 0 Å². The second-order valence-corrected chi connectivity index (χ2v) is 2.58. The van der Waals surface area contributed by atoms with E-state index in [-0.39, 0.29) is 6.54 Å². The number of rotatable bonds is 2. The number of hydrogen-bond acceptors (Lipinski definition) is 2. The van der Waals surface area contributed by atoms with Gasteiger partial charge in [-0.3, -0.25) is 4.79 Å². The molecule has 0 aliphatic rings. The third-order valence-corrected chi connectivity index (χ3v) is 1.27. The lowest BCUT2D eigenvalue weighted by Gasteiger charge is -1.84. The number of aryl methyl sites for hydroxylation is 1. The van der Waals surface area contributed by atoms with Gasteiger partial charge in [-0.05, 0) is 14.0 Å². The van der Waals surface area contributed by atoms with E-state index in [0.717, 1.165) is 0 Å². The van der Waals surface area contributed by atoms with Gasteiger partial charge in [0.15, 0.2) is 0 Å². The fourth-order valence-electron chi connectivity index (χ4n) is 0.686. The zero-order valence-corrected chi connectivity index (χ0v) is 7.95. The average molecular weight is 181 g/mol. The van der Waals surface area contributed by atoms with E-state index in [1.807, 2.05) is 18.2 Å². The summed E-state index contributed by atoms with van der Waals surface area (Å²) in [6.45, 7) is 2.12. The Morgan fingerprint density at radius 1 is 1.38 bits per heavy atom. The number of carbonyl (C=O) groups is 1. The lowest BCUT2D eigenvalue weighted by Crippen LogP contribution is -2.16. The Labute approximate surface area is 78.4 Å². The molecule has 0 saturated carbocycles. The molecule has 0 amide bonds. The van der Waals surface area contributed by atoms with Crippen molar-refractivity contribution in [2.24, 2.45) is 0 Å². The van der Waals surface area contributed by atoms with E-state index in [0.29, 0.717) is 0 Å². The van der Waals surface area contributed by atoms with Gasteiger partial charge < -0.3 is 10.4 Å². The highest BCUT2D eigenvalue weighted by molar-refractivity contribution is 5.68. The monoisotopic (exact) mass is 181 g/mol. The van der Waals surface area contributed by atoms with Crippen LogP contribution in [-0.4, -0.2) is 24.7 Å². The average Bonchev–Trinajstić information content (AvgIpc) is 2.06. The maximum atomic E-state index is 9.54. The van der Waals surface area contributed by atoms with E-state index < -0.39 is 5.97 Å². The minimum atomic E-state index is -0.822. The summed E-state index contributed by atoms with van der Waals surface area (Å²) < 4.78 is 0. The van der Waals surface area contributed by atoms with E-state index in [1.54, 1.807) is 7.05 Å². The lowest BCUT2D eigenvalue weighted by atomic mass is 10.2. The molecule has 3 nitrogen and oxygen atoms in total. The van der Waals surface area contributed by atoms with Crippen molar-refractivity contribution in [1.29, 1.82) is 0 Å². The van der Waals surface area contributed by atoms with Crippen molar-refractivity contribution in [2.45, 2.75) is 6.92 Å². The molecule has 0 aliphatic heterocycles. The number of nitrogens with one attached hydrogen (secondary N) is 1. The molecule has 1 aromatic rings. The molecule has 0 aliphatic carbocycles. The zero-order valence-electron chi connectivity index (χ0n) is 7.95. The minimum Gasteiger partial charge on any atom is -0.480 e. The van der Waals surface area contributed by atoms with Gasteiger partial charge in [0.1, 0.15) is 0 Å². The summed E-state index contributed by atoms with van der Waals surface area (Å²) in [5.41, 5.74) is 1.32. The van der Waals surface area contributed by atoms with E-state index >= 15 is 0 Å². The van der Waals surface area contributed by atoms with Crippen LogP contribution in [0.2, 0.25) is 0 Å². The van der Waals surface area contributed by atoms with Gasteiger partial charge in [-0.15, -0.1) is 0 Å². The number of benzene rings is 1. The summed E-state index contributed by atoms with van der Waals surface area (Å²) >= 11 is 0. The highest BCUT2D eigenvalue weighted by Gasteiger charge is 1.86. The van der Waals surface area contributed by atoms with Crippen molar-refractivity contribution < 1.29 is 9.90 Å². The molecule has 0 bridgehead atoms. The summed E-state index contributed by atoms with van der Waals surface area (Å²) in [5, 5.41) is 10.3. The molecule has 1 aromatic carbocycles. The lowest BCUT2D eigenvalue weighted by molar-refractivity contribution is -0.135. The fourth-order valence-corrected chi connectivity index (χ4v) is 0.686. The number of likely N-dealkylation sites (N-methyl/N-ethyl adjacent to an activating group) is 1. The zero-order chi connectivity index (χ0) is 10.1. The van der Waals surface area contributed by atoms with Crippen LogP contribution in [0.5, 0.6) is 0 Å². The third-order valence-electron chi connectivity index (χ3n) is 1.27. The van der Waals surface area contributed by atoms with Crippen LogP contribution in [0.4, 0.5) is 0 Å². The molecule has 0 saturated heterocycles. The Hall–Kier alpha value is -1.35. The van der Waals surface area contributed by atoms with Crippen LogP contribution in [0, 0.1) is 6.92 Å². The molecule has 0 fully saturated rings. The van der Waals surface area contributed by atoms with Gasteiger partial charge in [-0.1, -0.05) is 35.9 Å². The highest BCUT2D eigenvalue weighted by atomic mass is 16.4. The fraction of sp³-hybridized carbons (Fsp3) is 0.300. The SMILES string of the molecule is CNCC(=O)O.Cc1ccccc1. The molecule has 0 unspecified atom stereocenters. The van der Waals surface area contributed by atoms with Crippen molar-refractivity contribution in [2.75, 3.05) is 13.6 Å². The largest absolute Gasteiger partial charge is 0.480 e. The summed E-state index contributed by atoms with van der Waals surface area (Å²) in [6.07, 6.45) is 0. The van der Waals surface area contributed by atoms with Gasteiger partial charge >= 0.3 is 5.97 Å². The summed E-state index contributed by atoms with van der Waals surface area (Å²) in [5.74, 6) is -0.822. The van der Waals surface area contributed by atoms with E-state index in [4.69, 9.17) is 5.11 Å². The van der Waals surface area contributed by atoms with Crippen molar-refractivity contribution in [3.05, 3.63) is 35.9 Å². The maximum Gasteiger partial charge on any atom is 0.317 e. The van der Waals surface area contributed by atoms with Crippen LogP contribution in [0.3, 0.4) is 0 Å². The van der Waals surface area contributed by atoms with Crippen molar-refractivity contribution in [3.8, 4) is 0 Å². The molecular formula is C10H15NO2. The number of aliphatic carboxylic acids is 1. The predicted octanol–water partition coefficient (Wildman–Crippen LogP) is 1.29. The Balaban J connectivity index is 0.000000226. The van der Waals surface area contributed by atoms with Gasteiger partial charge in [-0.2, -0.15) is 0 Å². The Kier molecular flexibility index (Phi) is 6.55. The topological polar surface area (TPSA) is 49.3 Å². The van der Waals surface area contributed by atoms with Crippen LogP contribution < -0.4 is 5.32 Å². The molecule has 0 spiro atoms. The van der Waals surface area contributed by atoms with Crippen molar-refractivity contribution in [1.82, 2.24) is 5.32 Å². The van der Waals surface area contributed by atoms with Crippen LogP contribution >= 0.6 is 0 Å². The standard InChI is InChI=1S/C7H8.C3H7NO2/c1-7-5-3-2-4-6-7;1-4-2-3(5)6/h2-6H,1H3;4H,2H2,1H3,(H,5,6). The van der Waals surface area contributed by atoms with E-state index in [9.17, 15) is 4.79 Å². The molecule has 13 heavy (non-hydrogen) atoms. The molecule has 0 heterocycles. The van der Waals surface area contributed by atoms with Gasteiger partial charge in [0.2, 0.25) is 0 Å². The first kappa shape index (κ1) is 11.6. The third kappa shape index (κ3) is 8.56. The molecule has 2 N–H and O–H groups in total. The molecule has 1 rings (SSSR count). The highest BCUT2D eigenvalue weighted by Crippen LogP contribution is 1.92. The van der Waals surface area contributed by atoms with Gasteiger partial charge in [0.25, 0.3) is 0 Å². The van der Waals surface area contributed by atoms with Crippen molar-refractivity contribution >= 4 is 5.97 Å². The van der Waals surface area contributed by atoms with Gasteiger partial charge in [0.05, 0.1) is 6.54 Å².